The molecule has 0 bridgehead atoms. The van der Waals surface area contributed by atoms with Gasteiger partial charge in [-0.25, -0.2) is 4.79 Å². The topological polar surface area (TPSA) is 59.6 Å². The number of urea groups is 1. The maximum absolute atomic E-state index is 11.6. The molecule has 5 nitrogen and oxygen atoms in total. The predicted octanol–water partition coefficient (Wildman–Crippen LogP) is 1.28. The van der Waals surface area contributed by atoms with Crippen LogP contribution >= 0.6 is 0 Å². The number of ether oxygens (including phenoxy) is 2. The van der Waals surface area contributed by atoms with Crippen molar-refractivity contribution in [2.45, 2.75) is 44.8 Å². The molecule has 0 spiro atoms. The van der Waals surface area contributed by atoms with Crippen LogP contribution in [0.4, 0.5) is 4.79 Å². The van der Waals surface area contributed by atoms with Gasteiger partial charge in [-0.3, -0.25) is 0 Å². The zero-order valence-electron chi connectivity index (χ0n) is 11.1. The molecule has 2 heterocycles. The molecule has 2 amide bonds. The largest absolute Gasteiger partial charge is 0.378 e. The lowest BCUT2D eigenvalue weighted by molar-refractivity contribution is 0.00345. The van der Waals surface area contributed by atoms with Crippen LogP contribution in [0.25, 0.3) is 0 Å². The molecule has 2 aliphatic heterocycles. The van der Waals surface area contributed by atoms with Gasteiger partial charge in [-0.05, 0) is 38.5 Å². The fraction of sp³-hybridized carbons (Fsp3) is 0.923. The first-order valence-electron chi connectivity index (χ1n) is 6.99. The summed E-state index contributed by atoms with van der Waals surface area (Å²) in [5.74, 6) is 0.544. The van der Waals surface area contributed by atoms with E-state index in [1.54, 1.807) is 0 Å². The van der Waals surface area contributed by atoms with E-state index in [4.69, 9.17) is 9.47 Å². The van der Waals surface area contributed by atoms with Crippen LogP contribution < -0.4 is 10.6 Å². The van der Waals surface area contributed by atoms with E-state index in [0.29, 0.717) is 18.6 Å². The van der Waals surface area contributed by atoms with Crippen molar-refractivity contribution in [1.82, 2.24) is 10.6 Å². The molecule has 0 unspecified atom stereocenters. The number of hydrogen-bond acceptors (Lipinski definition) is 3. The van der Waals surface area contributed by atoms with Gasteiger partial charge in [0.2, 0.25) is 0 Å². The van der Waals surface area contributed by atoms with Crippen LogP contribution in [0.15, 0.2) is 0 Å². The number of nitrogens with one attached hydrogen (secondary N) is 2. The molecule has 0 aromatic rings. The highest BCUT2D eigenvalue weighted by Gasteiger charge is 2.20. The van der Waals surface area contributed by atoms with Crippen LogP contribution in [-0.2, 0) is 9.47 Å². The van der Waals surface area contributed by atoms with Gasteiger partial charge in [0.25, 0.3) is 0 Å². The van der Waals surface area contributed by atoms with Crippen LogP contribution in [0.1, 0.15) is 32.6 Å². The van der Waals surface area contributed by atoms with Gasteiger partial charge in [0.1, 0.15) is 0 Å². The Balaban J connectivity index is 1.56. The lowest BCUT2D eigenvalue weighted by Gasteiger charge is -2.27. The molecule has 0 aromatic carbocycles. The molecule has 2 N–H and O–H groups in total. The summed E-state index contributed by atoms with van der Waals surface area (Å²) in [5.41, 5.74) is 0. The first kappa shape index (κ1) is 13.6. The van der Waals surface area contributed by atoms with Gasteiger partial charge in [-0.15, -0.1) is 0 Å². The van der Waals surface area contributed by atoms with Crippen LogP contribution in [0, 0.1) is 5.92 Å². The van der Waals surface area contributed by atoms with E-state index in [0.717, 1.165) is 45.4 Å². The van der Waals surface area contributed by atoms with Crippen molar-refractivity contribution in [3.05, 3.63) is 0 Å². The summed E-state index contributed by atoms with van der Waals surface area (Å²) < 4.78 is 10.9. The first-order valence-corrected chi connectivity index (χ1v) is 6.99. The van der Waals surface area contributed by atoms with Crippen molar-refractivity contribution in [3.63, 3.8) is 0 Å². The second kappa shape index (κ2) is 6.95. The maximum Gasteiger partial charge on any atom is 0.314 e. The van der Waals surface area contributed by atoms with Gasteiger partial charge in [0, 0.05) is 26.3 Å². The van der Waals surface area contributed by atoms with E-state index >= 15 is 0 Å². The highest BCUT2D eigenvalue weighted by molar-refractivity contribution is 5.73. The standard InChI is InChI=1S/C13H24N2O3/c1-10-7-11(4-6-17-10)8-14-13(16)15-9-12-3-2-5-18-12/h10-12H,2-9H2,1H3,(H2,14,15,16)/t10-,11-,12-/m1/s1. The Labute approximate surface area is 109 Å². The SMILES string of the molecule is C[C@@H]1C[C@H](CNC(=O)NC[C@H]2CCCO2)CCO1. The molecule has 5 heteroatoms. The van der Waals surface area contributed by atoms with Crippen molar-refractivity contribution in [3.8, 4) is 0 Å². The Bertz CT molecular complexity index is 267. The Morgan fingerprint density at radius 3 is 2.72 bits per heavy atom. The third kappa shape index (κ3) is 4.46. The molecular formula is C13H24N2O3. The predicted molar refractivity (Wildman–Crippen MR) is 68.5 cm³/mol. The monoisotopic (exact) mass is 256 g/mol. The zero-order chi connectivity index (χ0) is 12.8. The van der Waals surface area contributed by atoms with E-state index < -0.39 is 0 Å². The van der Waals surface area contributed by atoms with Crippen molar-refractivity contribution in [2.24, 2.45) is 5.92 Å². The average Bonchev–Trinajstić information content (AvgIpc) is 2.87. The van der Waals surface area contributed by atoms with E-state index in [1.807, 2.05) is 0 Å². The molecule has 2 rings (SSSR count). The fourth-order valence-corrected chi connectivity index (χ4v) is 2.59. The normalized spacial score (nSPS) is 32.2. The molecule has 0 aliphatic carbocycles. The number of hydrogen-bond donors (Lipinski definition) is 2. The molecule has 18 heavy (non-hydrogen) atoms. The summed E-state index contributed by atoms with van der Waals surface area (Å²) in [4.78, 5) is 11.6. The summed E-state index contributed by atoms with van der Waals surface area (Å²) in [5, 5.41) is 5.80. The highest BCUT2D eigenvalue weighted by Crippen LogP contribution is 2.18. The van der Waals surface area contributed by atoms with Crippen molar-refractivity contribution in [1.29, 1.82) is 0 Å². The quantitative estimate of drug-likeness (QED) is 0.796. The van der Waals surface area contributed by atoms with Crippen molar-refractivity contribution < 1.29 is 14.3 Å². The van der Waals surface area contributed by atoms with Crippen molar-refractivity contribution >= 4 is 6.03 Å². The number of carbonyl (C=O) groups excluding carboxylic acids is 1. The molecule has 0 radical (unpaired) electrons. The summed E-state index contributed by atoms with van der Waals surface area (Å²) in [6.45, 7) is 5.09. The summed E-state index contributed by atoms with van der Waals surface area (Å²) in [6.07, 6.45) is 4.76. The Morgan fingerprint density at radius 1 is 1.17 bits per heavy atom. The first-order chi connectivity index (χ1) is 8.74. The van der Waals surface area contributed by atoms with Gasteiger partial charge in [0.15, 0.2) is 0 Å². The van der Waals surface area contributed by atoms with Gasteiger partial charge < -0.3 is 20.1 Å². The third-order valence-corrected chi connectivity index (χ3v) is 3.66. The minimum Gasteiger partial charge on any atom is -0.378 e. The molecule has 2 saturated heterocycles. The number of rotatable bonds is 4. The highest BCUT2D eigenvalue weighted by atomic mass is 16.5. The number of carbonyl (C=O) groups is 1. The van der Waals surface area contributed by atoms with Gasteiger partial charge in [-0.2, -0.15) is 0 Å². The Morgan fingerprint density at radius 2 is 2.00 bits per heavy atom. The molecule has 2 aliphatic rings. The lowest BCUT2D eigenvalue weighted by Crippen LogP contribution is -2.42. The fourth-order valence-electron chi connectivity index (χ4n) is 2.59. The number of amides is 2. The Kier molecular flexibility index (Phi) is 5.26. The molecule has 3 atom stereocenters. The van der Waals surface area contributed by atoms with Gasteiger partial charge >= 0.3 is 6.03 Å². The second-order valence-electron chi connectivity index (χ2n) is 5.30. The average molecular weight is 256 g/mol. The molecule has 0 saturated carbocycles. The smallest absolute Gasteiger partial charge is 0.314 e. The van der Waals surface area contributed by atoms with Gasteiger partial charge in [-0.1, -0.05) is 0 Å². The van der Waals surface area contributed by atoms with Crippen LogP contribution in [0.2, 0.25) is 0 Å². The van der Waals surface area contributed by atoms with E-state index in [-0.39, 0.29) is 12.1 Å². The minimum absolute atomic E-state index is 0.0790. The molecule has 0 aromatic heterocycles. The third-order valence-electron chi connectivity index (χ3n) is 3.66. The van der Waals surface area contributed by atoms with Crippen molar-refractivity contribution in [2.75, 3.05) is 26.3 Å². The molecular weight excluding hydrogens is 232 g/mol. The van der Waals surface area contributed by atoms with Crippen LogP contribution in [0.5, 0.6) is 0 Å². The summed E-state index contributed by atoms with van der Waals surface area (Å²) >= 11 is 0. The Hall–Kier alpha value is -0.810. The zero-order valence-corrected chi connectivity index (χ0v) is 11.1. The van der Waals surface area contributed by atoms with Crippen LogP contribution in [-0.4, -0.2) is 44.5 Å². The van der Waals surface area contributed by atoms with E-state index in [9.17, 15) is 4.79 Å². The van der Waals surface area contributed by atoms with Gasteiger partial charge in [0.05, 0.1) is 12.2 Å². The summed E-state index contributed by atoms with van der Waals surface area (Å²) in [6, 6.07) is -0.0790. The van der Waals surface area contributed by atoms with E-state index in [1.165, 1.54) is 0 Å². The molecule has 2 fully saturated rings. The molecule has 104 valence electrons. The van der Waals surface area contributed by atoms with E-state index in [2.05, 4.69) is 17.6 Å². The maximum atomic E-state index is 11.6. The minimum atomic E-state index is -0.0790. The second-order valence-corrected chi connectivity index (χ2v) is 5.30. The summed E-state index contributed by atoms with van der Waals surface area (Å²) in [7, 11) is 0. The lowest BCUT2D eigenvalue weighted by atomic mass is 9.96. The van der Waals surface area contributed by atoms with Crippen LogP contribution in [0.3, 0.4) is 0 Å².